The monoisotopic (exact) mass is 442 g/mol. The largest absolute Gasteiger partial charge is 0.381 e. The molecule has 1 aromatic rings. The molecule has 0 aliphatic carbocycles. The van der Waals surface area contributed by atoms with Crippen LogP contribution >= 0.6 is 37.2 Å². The number of imidazole rings is 1. The van der Waals surface area contributed by atoms with Gasteiger partial charge < -0.3 is 19.9 Å². The van der Waals surface area contributed by atoms with Gasteiger partial charge in [-0.25, -0.2) is 4.98 Å². The fraction of sp³-hybridized carbons (Fsp3) is 0.842. The number of hydrogen-bond acceptors (Lipinski definition) is 4. The molecule has 0 saturated carbocycles. The highest BCUT2D eigenvalue weighted by Gasteiger charge is 2.25. The van der Waals surface area contributed by atoms with E-state index >= 15 is 0 Å². The van der Waals surface area contributed by atoms with Crippen LogP contribution in [0.15, 0.2) is 6.20 Å². The highest BCUT2D eigenvalue weighted by atomic mass is 35.5. The Labute approximate surface area is 183 Å². The van der Waals surface area contributed by atoms with Crippen molar-refractivity contribution in [2.45, 2.75) is 70.4 Å². The maximum absolute atomic E-state index is 5.52. The topological polar surface area (TPSA) is 51.1 Å². The molecule has 27 heavy (non-hydrogen) atoms. The highest BCUT2D eigenvalue weighted by molar-refractivity contribution is 5.86. The molecule has 0 aromatic carbocycles. The minimum absolute atomic E-state index is 0. The maximum Gasteiger partial charge on any atom is 0.112 e. The van der Waals surface area contributed by atoms with Crippen molar-refractivity contribution in [1.82, 2.24) is 20.2 Å². The van der Waals surface area contributed by atoms with E-state index in [1.165, 1.54) is 24.4 Å². The van der Waals surface area contributed by atoms with Gasteiger partial charge in [0.25, 0.3) is 0 Å². The van der Waals surface area contributed by atoms with Gasteiger partial charge in [0.1, 0.15) is 5.82 Å². The Hall–Kier alpha value is -0.0400. The van der Waals surface area contributed by atoms with Crippen LogP contribution < -0.4 is 10.6 Å². The lowest BCUT2D eigenvalue weighted by atomic mass is 9.96. The van der Waals surface area contributed by atoms with Crippen LogP contribution in [0.4, 0.5) is 0 Å². The van der Waals surface area contributed by atoms with E-state index in [0.29, 0.717) is 11.8 Å². The third kappa shape index (κ3) is 8.08. The molecule has 5 nitrogen and oxygen atoms in total. The first-order valence-corrected chi connectivity index (χ1v) is 9.63. The molecule has 0 radical (unpaired) electrons. The molecule has 2 fully saturated rings. The predicted molar refractivity (Wildman–Crippen MR) is 119 cm³/mol. The molecule has 2 aliphatic rings. The van der Waals surface area contributed by atoms with Gasteiger partial charge in [-0.05, 0) is 59.5 Å². The Morgan fingerprint density at radius 3 is 2.30 bits per heavy atom. The third-order valence-electron chi connectivity index (χ3n) is 5.18. The lowest BCUT2D eigenvalue weighted by Gasteiger charge is -2.24. The summed E-state index contributed by atoms with van der Waals surface area (Å²) in [7, 11) is 0. The second-order valence-corrected chi connectivity index (χ2v) is 8.31. The van der Waals surface area contributed by atoms with Gasteiger partial charge in [0.05, 0.1) is 5.69 Å². The number of hydrogen-bond donors (Lipinski definition) is 2. The molecule has 3 rings (SSSR count). The number of ether oxygens (including phenoxy) is 1. The van der Waals surface area contributed by atoms with Gasteiger partial charge in [-0.15, -0.1) is 37.2 Å². The molecule has 3 heterocycles. The summed E-state index contributed by atoms with van der Waals surface area (Å²) in [5, 5.41) is 7.08. The average molecular weight is 444 g/mol. The smallest absolute Gasteiger partial charge is 0.112 e. The van der Waals surface area contributed by atoms with E-state index < -0.39 is 0 Å². The Kier molecular flexibility index (Phi) is 12.5. The van der Waals surface area contributed by atoms with Gasteiger partial charge in [-0.3, -0.25) is 0 Å². The lowest BCUT2D eigenvalue weighted by molar-refractivity contribution is 0.0845. The molecule has 0 bridgehead atoms. The molecular formula is C19H37Cl3N4O. The molecule has 0 unspecified atom stereocenters. The average Bonchev–Trinajstić information content (AvgIpc) is 2.99. The molecule has 1 aromatic heterocycles. The molecule has 2 aliphatic heterocycles. The van der Waals surface area contributed by atoms with E-state index in [-0.39, 0.29) is 42.8 Å². The molecule has 8 heteroatoms. The lowest BCUT2D eigenvalue weighted by Crippen LogP contribution is -2.38. The van der Waals surface area contributed by atoms with Crippen LogP contribution in [0.25, 0.3) is 0 Å². The molecule has 2 N–H and O–H groups in total. The van der Waals surface area contributed by atoms with E-state index in [1.807, 2.05) is 0 Å². The Morgan fingerprint density at radius 1 is 1.07 bits per heavy atom. The number of nitrogens with one attached hydrogen (secondary N) is 2. The molecule has 160 valence electrons. The Morgan fingerprint density at radius 2 is 1.70 bits per heavy atom. The Balaban J connectivity index is 0.00000225. The van der Waals surface area contributed by atoms with E-state index in [2.05, 4.69) is 42.2 Å². The zero-order valence-electron chi connectivity index (χ0n) is 16.8. The van der Waals surface area contributed by atoms with Crippen molar-refractivity contribution in [2.75, 3.05) is 32.8 Å². The predicted octanol–water partition coefficient (Wildman–Crippen LogP) is 3.90. The SMILES string of the molecule is CC(C)(C)NCCn1cc(C2CCOCC2)nc1C1CCNCC1.Cl.Cl.Cl. The number of halogens is 3. The maximum atomic E-state index is 5.52. The first-order chi connectivity index (χ1) is 11.5. The van der Waals surface area contributed by atoms with Crippen molar-refractivity contribution in [3.05, 3.63) is 17.7 Å². The van der Waals surface area contributed by atoms with Crippen LogP contribution in [0.1, 0.15) is 69.8 Å². The second kappa shape index (κ2) is 12.5. The van der Waals surface area contributed by atoms with Crippen molar-refractivity contribution in [3.63, 3.8) is 0 Å². The van der Waals surface area contributed by atoms with Crippen molar-refractivity contribution in [3.8, 4) is 0 Å². The van der Waals surface area contributed by atoms with E-state index in [1.54, 1.807) is 0 Å². The van der Waals surface area contributed by atoms with Gasteiger partial charge in [-0.2, -0.15) is 0 Å². The second-order valence-electron chi connectivity index (χ2n) is 8.31. The molecule has 0 atom stereocenters. The van der Waals surface area contributed by atoms with Crippen LogP contribution in [0, 0.1) is 0 Å². The van der Waals surface area contributed by atoms with Crippen molar-refractivity contribution < 1.29 is 4.74 Å². The zero-order valence-corrected chi connectivity index (χ0v) is 19.3. The summed E-state index contributed by atoms with van der Waals surface area (Å²) in [5.74, 6) is 2.50. The van der Waals surface area contributed by atoms with E-state index in [9.17, 15) is 0 Å². The van der Waals surface area contributed by atoms with Gasteiger partial charge in [0.2, 0.25) is 0 Å². The first kappa shape index (κ1) is 27.0. The van der Waals surface area contributed by atoms with Crippen LogP contribution in [0.3, 0.4) is 0 Å². The number of aromatic nitrogens is 2. The minimum atomic E-state index is 0. The number of piperidine rings is 1. The van der Waals surface area contributed by atoms with Crippen molar-refractivity contribution in [2.24, 2.45) is 0 Å². The normalized spacial score (nSPS) is 18.9. The molecule has 0 spiro atoms. The summed E-state index contributed by atoms with van der Waals surface area (Å²) in [6.45, 7) is 12.7. The summed E-state index contributed by atoms with van der Waals surface area (Å²) in [4.78, 5) is 5.12. The summed E-state index contributed by atoms with van der Waals surface area (Å²) in [5.41, 5.74) is 1.46. The fourth-order valence-electron chi connectivity index (χ4n) is 3.78. The summed E-state index contributed by atoms with van der Waals surface area (Å²) in [6.07, 6.45) is 6.97. The van der Waals surface area contributed by atoms with Crippen molar-refractivity contribution in [1.29, 1.82) is 0 Å². The standard InChI is InChI=1S/C19H34N4O.3ClH/c1-19(2,3)21-10-11-23-14-17(15-6-12-24-13-7-15)22-18(23)16-4-8-20-9-5-16;;;/h14-16,20-21H,4-13H2,1-3H3;3*1H. The number of nitrogens with zero attached hydrogens (tertiary/aromatic N) is 2. The fourth-order valence-corrected chi connectivity index (χ4v) is 3.78. The van der Waals surface area contributed by atoms with Gasteiger partial charge in [0.15, 0.2) is 0 Å². The molecule has 0 amide bonds. The highest BCUT2D eigenvalue weighted by Crippen LogP contribution is 2.30. The van der Waals surface area contributed by atoms with E-state index in [0.717, 1.165) is 52.2 Å². The zero-order chi connectivity index (χ0) is 17.0. The van der Waals surface area contributed by atoms with Crippen molar-refractivity contribution >= 4 is 37.2 Å². The summed E-state index contributed by atoms with van der Waals surface area (Å²) >= 11 is 0. The van der Waals surface area contributed by atoms with Gasteiger partial charge in [0, 0.05) is 49.9 Å². The summed E-state index contributed by atoms with van der Waals surface area (Å²) < 4.78 is 7.95. The third-order valence-corrected chi connectivity index (χ3v) is 5.18. The first-order valence-electron chi connectivity index (χ1n) is 9.63. The van der Waals surface area contributed by atoms with Crippen LogP contribution in [0.2, 0.25) is 0 Å². The van der Waals surface area contributed by atoms with Crippen LogP contribution in [-0.2, 0) is 11.3 Å². The van der Waals surface area contributed by atoms with Gasteiger partial charge in [-0.1, -0.05) is 0 Å². The minimum Gasteiger partial charge on any atom is -0.381 e. The molecular weight excluding hydrogens is 407 g/mol. The van der Waals surface area contributed by atoms with Crippen LogP contribution in [-0.4, -0.2) is 47.9 Å². The Bertz CT molecular complexity index is 522. The summed E-state index contributed by atoms with van der Waals surface area (Å²) in [6, 6.07) is 0. The van der Waals surface area contributed by atoms with Crippen LogP contribution in [0.5, 0.6) is 0 Å². The van der Waals surface area contributed by atoms with Gasteiger partial charge >= 0.3 is 0 Å². The number of rotatable bonds is 5. The van der Waals surface area contributed by atoms with E-state index in [4.69, 9.17) is 9.72 Å². The molecule has 2 saturated heterocycles. The quantitative estimate of drug-likeness (QED) is 0.724.